The van der Waals surface area contributed by atoms with Crippen LogP contribution in [0.25, 0.3) is 16.8 Å². The third-order valence-electron chi connectivity index (χ3n) is 2.86. The van der Waals surface area contributed by atoms with E-state index in [1.807, 2.05) is 23.8 Å². The molecule has 0 N–H and O–H groups in total. The summed E-state index contributed by atoms with van der Waals surface area (Å²) in [5.41, 5.74) is 0. The molecule has 0 saturated heterocycles. The van der Waals surface area contributed by atoms with Crippen LogP contribution in [0.3, 0.4) is 0 Å². The summed E-state index contributed by atoms with van der Waals surface area (Å²) in [6, 6.07) is 6.71. The van der Waals surface area contributed by atoms with Crippen LogP contribution < -0.4 is 0 Å². The Labute approximate surface area is 144 Å². The van der Waals surface area contributed by atoms with Crippen molar-refractivity contribution in [2.45, 2.75) is 5.16 Å². The SMILES string of the molecule is CSc1nnc(-c2cccs2)n1N=CC=Cc1ccc([N+](=O)[O-])o1. The highest BCUT2D eigenvalue weighted by Crippen LogP contribution is 2.26. The molecule has 0 aromatic carbocycles. The first kappa shape index (κ1) is 16.1. The largest absolute Gasteiger partial charge is 0.433 e. The van der Waals surface area contributed by atoms with E-state index in [9.17, 15) is 10.1 Å². The summed E-state index contributed by atoms with van der Waals surface area (Å²) in [6.07, 6.45) is 6.66. The van der Waals surface area contributed by atoms with Crippen LogP contribution in [-0.4, -0.2) is 32.3 Å². The minimum Gasteiger partial charge on any atom is -0.401 e. The fourth-order valence-corrected chi connectivity index (χ4v) is 2.95. The van der Waals surface area contributed by atoms with Gasteiger partial charge in [-0.15, -0.1) is 21.5 Å². The molecule has 0 spiro atoms. The van der Waals surface area contributed by atoms with E-state index < -0.39 is 4.92 Å². The van der Waals surface area contributed by atoms with Crippen molar-refractivity contribution in [3.63, 3.8) is 0 Å². The van der Waals surface area contributed by atoms with Crippen LogP contribution in [0, 0.1) is 10.1 Å². The van der Waals surface area contributed by atoms with Gasteiger partial charge < -0.3 is 4.42 Å². The lowest BCUT2D eigenvalue weighted by atomic mass is 10.4. The van der Waals surface area contributed by atoms with Crippen molar-refractivity contribution in [2.75, 3.05) is 6.26 Å². The molecule has 0 fully saturated rings. The molecular weight excluding hydrogens is 350 g/mol. The molecule has 10 heteroatoms. The number of aromatic nitrogens is 3. The minimum absolute atomic E-state index is 0.296. The number of nitro groups is 1. The number of furan rings is 1. The third kappa shape index (κ3) is 3.44. The first-order valence-electron chi connectivity index (χ1n) is 6.67. The van der Waals surface area contributed by atoms with Gasteiger partial charge in [0.05, 0.1) is 10.9 Å². The molecule has 0 unspecified atom stereocenters. The van der Waals surface area contributed by atoms with Gasteiger partial charge in [0.2, 0.25) is 5.16 Å². The zero-order valence-electron chi connectivity index (χ0n) is 12.4. The number of hydrogen-bond donors (Lipinski definition) is 0. The van der Waals surface area contributed by atoms with Gasteiger partial charge in [-0.1, -0.05) is 17.8 Å². The summed E-state index contributed by atoms with van der Waals surface area (Å²) >= 11 is 2.99. The molecule has 0 atom stereocenters. The maximum Gasteiger partial charge on any atom is 0.433 e. The fraction of sp³-hybridized carbons (Fsp3) is 0.0714. The maximum atomic E-state index is 10.6. The minimum atomic E-state index is -0.583. The molecule has 3 rings (SSSR count). The Balaban J connectivity index is 1.80. The van der Waals surface area contributed by atoms with E-state index in [4.69, 9.17) is 4.42 Å². The molecule has 8 nitrogen and oxygen atoms in total. The van der Waals surface area contributed by atoms with Crippen LogP contribution in [0.4, 0.5) is 5.88 Å². The van der Waals surface area contributed by atoms with Crippen molar-refractivity contribution < 1.29 is 9.34 Å². The predicted octanol–water partition coefficient (Wildman–Crippen LogP) is 3.78. The van der Waals surface area contributed by atoms with Crippen molar-refractivity contribution in [3.05, 3.63) is 51.6 Å². The Hall–Kier alpha value is -2.72. The number of thioether (sulfide) groups is 1. The Bertz CT molecular complexity index is 896. The summed E-state index contributed by atoms with van der Waals surface area (Å²) in [5, 5.41) is 25.8. The lowest BCUT2D eigenvalue weighted by Gasteiger charge is -1.99. The molecule has 0 saturated carbocycles. The zero-order valence-corrected chi connectivity index (χ0v) is 14.0. The molecule has 3 aromatic rings. The Morgan fingerprint density at radius 3 is 2.96 bits per heavy atom. The zero-order chi connectivity index (χ0) is 16.9. The monoisotopic (exact) mass is 361 g/mol. The van der Waals surface area contributed by atoms with Gasteiger partial charge in [0, 0.05) is 6.21 Å². The summed E-state index contributed by atoms with van der Waals surface area (Å²) < 4.78 is 6.67. The molecule has 122 valence electrons. The second kappa shape index (κ2) is 7.23. The third-order valence-corrected chi connectivity index (χ3v) is 4.34. The van der Waals surface area contributed by atoms with Crippen LogP contribution in [-0.2, 0) is 0 Å². The Kier molecular flexibility index (Phi) is 4.87. The highest BCUT2D eigenvalue weighted by Gasteiger charge is 2.13. The lowest BCUT2D eigenvalue weighted by Crippen LogP contribution is -1.93. The summed E-state index contributed by atoms with van der Waals surface area (Å²) in [7, 11) is 0. The van der Waals surface area contributed by atoms with Crippen LogP contribution in [0.5, 0.6) is 0 Å². The number of rotatable bonds is 6. The molecule has 24 heavy (non-hydrogen) atoms. The fourth-order valence-electron chi connectivity index (χ4n) is 1.83. The number of thiophene rings is 1. The van der Waals surface area contributed by atoms with Crippen molar-refractivity contribution >= 4 is 41.3 Å². The standard InChI is InChI=1S/C14H11N5O3S2/c1-23-14-17-16-13(11-5-3-9-24-11)18(14)15-8-2-4-10-6-7-12(22-10)19(20)21/h2-9H,1H3. The molecule has 0 aliphatic carbocycles. The smallest absolute Gasteiger partial charge is 0.401 e. The van der Waals surface area contributed by atoms with Gasteiger partial charge in [0.1, 0.15) is 10.7 Å². The average molecular weight is 361 g/mol. The normalized spacial score (nSPS) is 11.7. The lowest BCUT2D eigenvalue weighted by molar-refractivity contribution is -0.402. The summed E-state index contributed by atoms with van der Waals surface area (Å²) in [6.45, 7) is 0. The summed E-state index contributed by atoms with van der Waals surface area (Å²) in [4.78, 5) is 10.9. The highest BCUT2D eigenvalue weighted by atomic mass is 32.2. The Morgan fingerprint density at radius 2 is 2.29 bits per heavy atom. The molecule has 3 aromatic heterocycles. The second-order valence-corrected chi connectivity index (χ2v) is 6.08. The van der Waals surface area contributed by atoms with Crippen LogP contribution in [0.1, 0.15) is 5.76 Å². The van der Waals surface area contributed by atoms with Gasteiger partial charge in [-0.25, -0.2) is 0 Å². The first-order valence-corrected chi connectivity index (χ1v) is 8.78. The van der Waals surface area contributed by atoms with Gasteiger partial charge in [0.15, 0.2) is 5.82 Å². The van der Waals surface area contributed by atoms with Crippen molar-refractivity contribution in [3.8, 4) is 10.7 Å². The molecule has 0 aliphatic heterocycles. The molecule has 0 bridgehead atoms. The molecule has 3 heterocycles. The van der Waals surface area contributed by atoms with Crippen molar-refractivity contribution in [1.29, 1.82) is 0 Å². The van der Waals surface area contributed by atoms with E-state index in [0.29, 0.717) is 16.7 Å². The van der Waals surface area contributed by atoms with E-state index in [1.165, 1.54) is 23.9 Å². The number of hydrogen-bond acceptors (Lipinski definition) is 8. The van der Waals surface area contributed by atoms with Gasteiger partial charge in [-0.3, -0.25) is 10.1 Å². The van der Waals surface area contributed by atoms with Crippen molar-refractivity contribution in [2.24, 2.45) is 5.10 Å². The molecule has 0 radical (unpaired) electrons. The van der Waals surface area contributed by atoms with E-state index in [2.05, 4.69) is 15.3 Å². The predicted molar refractivity (Wildman–Crippen MR) is 93.4 cm³/mol. The van der Waals surface area contributed by atoms with Gasteiger partial charge >= 0.3 is 5.88 Å². The first-order chi connectivity index (χ1) is 11.7. The number of nitrogens with zero attached hydrogens (tertiary/aromatic N) is 5. The van der Waals surface area contributed by atoms with Gasteiger partial charge in [0.25, 0.3) is 0 Å². The molecular formula is C14H11N5O3S2. The average Bonchev–Trinajstić information content (AvgIpc) is 3.30. The number of allylic oxidation sites excluding steroid dienone is 1. The van der Waals surface area contributed by atoms with E-state index in [-0.39, 0.29) is 5.88 Å². The quantitative estimate of drug-likeness (QED) is 0.287. The Morgan fingerprint density at radius 1 is 1.42 bits per heavy atom. The topological polar surface area (TPSA) is 99.3 Å². The van der Waals surface area contributed by atoms with Crippen LogP contribution in [0.2, 0.25) is 0 Å². The van der Waals surface area contributed by atoms with E-state index in [1.54, 1.807) is 34.4 Å². The highest BCUT2D eigenvalue weighted by molar-refractivity contribution is 7.98. The van der Waals surface area contributed by atoms with E-state index >= 15 is 0 Å². The van der Waals surface area contributed by atoms with Gasteiger partial charge in [-0.2, -0.15) is 9.78 Å². The van der Waals surface area contributed by atoms with E-state index in [0.717, 1.165) is 4.88 Å². The maximum absolute atomic E-state index is 10.6. The summed E-state index contributed by atoms with van der Waals surface area (Å²) in [5.74, 6) is 0.739. The van der Waals surface area contributed by atoms with Crippen LogP contribution >= 0.6 is 23.1 Å². The molecule has 0 aliphatic rings. The molecule has 0 amide bonds. The van der Waals surface area contributed by atoms with Crippen molar-refractivity contribution in [1.82, 2.24) is 14.9 Å². The van der Waals surface area contributed by atoms with Gasteiger partial charge in [-0.05, 0) is 35.9 Å². The van der Waals surface area contributed by atoms with Crippen LogP contribution in [0.15, 0.2) is 50.4 Å². The second-order valence-electron chi connectivity index (χ2n) is 4.36.